The number of nitrogens with zero attached hydrogens (tertiary/aromatic N) is 1. The van der Waals surface area contributed by atoms with Crippen LogP contribution >= 0.6 is 0 Å². The van der Waals surface area contributed by atoms with Gasteiger partial charge < -0.3 is 5.32 Å². The van der Waals surface area contributed by atoms with Gasteiger partial charge in [-0.1, -0.05) is 18.2 Å². The van der Waals surface area contributed by atoms with Crippen molar-refractivity contribution in [1.82, 2.24) is 10.3 Å². The van der Waals surface area contributed by atoms with Gasteiger partial charge in [0.25, 0.3) is 0 Å². The van der Waals surface area contributed by atoms with Gasteiger partial charge >= 0.3 is 0 Å². The van der Waals surface area contributed by atoms with Crippen molar-refractivity contribution in [3.05, 3.63) is 48.3 Å². The van der Waals surface area contributed by atoms with Crippen molar-refractivity contribution in [2.24, 2.45) is 0 Å². The number of amides is 1. The van der Waals surface area contributed by atoms with Crippen LogP contribution in [-0.4, -0.2) is 17.4 Å². The van der Waals surface area contributed by atoms with E-state index in [1.165, 1.54) is 6.08 Å². The Hall–Kier alpha value is -1.90. The van der Waals surface area contributed by atoms with Crippen molar-refractivity contribution < 1.29 is 4.79 Å². The summed E-state index contributed by atoms with van der Waals surface area (Å²) in [6.45, 7) is 2.63. The first-order chi connectivity index (χ1) is 7.83. The molecule has 0 unspecified atom stereocenters. The van der Waals surface area contributed by atoms with E-state index in [4.69, 9.17) is 0 Å². The second-order valence-corrected chi connectivity index (χ2v) is 3.27. The molecular weight excluding hydrogens is 200 g/mol. The average molecular weight is 216 g/mol. The van der Waals surface area contributed by atoms with Crippen LogP contribution in [0.3, 0.4) is 0 Å². The van der Waals surface area contributed by atoms with Gasteiger partial charge in [-0.2, -0.15) is 0 Å². The second kappa shape index (κ2) is 7.40. The van der Waals surface area contributed by atoms with E-state index in [0.717, 1.165) is 12.0 Å². The molecule has 0 atom stereocenters. The Morgan fingerprint density at radius 1 is 1.56 bits per heavy atom. The molecule has 3 nitrogen and oxygen atoms in total. The third-order valence-corrected chi connectivity index (χ3v) is 1.96. The lowest BCUT2D eigenvalue weighted by Gasteiger charge is -1.97. The van der Waals surface area contributed by atoms with Crippen molar-refractivity contribution in [3.8, 4) is 0 Å². The van der Waals surface area contributed by atoms with E-state index in [1.54, 1.807) is 18.5 Å². The van der Waals surface area contributed by atoms with Gasteiger partial charge in [-0.05, 0) is 31.1 Å². The summed E-state index contributed by atoms with van der Waals surface area (Å²) in [7, 11) is 0. The fourth-order valence-electron chi connectivity index (χ4n) is 1.15. The summed E-state index contributed by atoms with van der Waals surface area (Å²) >= 11 is 0. The zero-order valence-corrected chi connectivity index (χ0v) is 9.39. The van der Waals surface area contributed by atoms with E-state index in [1.807, 2.05) is 31.2 Å². The summed E-state index contributed by atoms with van der Waals surface area (Å²) in [6.07, 6.45) is 11.5. The Morgan fingerprint density at radius 2 is 2.44 bits per heavy atom. The first-order valence-corrected chi connectivity index (χ1v) is 5.30. The number of carbonyl (C=O) groups is 1. The molecule has 1 amide bonds. The van der Waals surface area contributed by atoms with Crippen molar-refractivity contribution in [2.45, 2.75) is 13.3 Å². The van der Waals surface area contributed by atoms with Crippen LogP contribution in [0.15, 0.2) is 42.8 Å². The van der Waals surface area contributed by atoms with Gasteiger partial charge in [0.2, 0.25) is 5.91 Å². The molecule has 0 radical (unpaired) electrons. The van der Waals surface area contributed by atoms with Gasteiger partial charge in [0.05, 0.1) is 0 Å². The van der Waals surface area contributed by atoms with Gasteiger partial charge in [0, 0.05) is 25.0 Å². The predicted molar refractivity (Wildman–Crippen MR) is 65.7 cm³/mol. The zero-order chi connectivity index (χ0) is 11.6. The van der Waals surface area contributed by atoms with E-state index in [-0.39, 0.29) is 5.91 Å². The van der Waals surface area contributed by atoms with Crippen LogP contribution in [0.25, 0.3) is 6.08 Å². The van der Waals surface area contributed by atoms with Crippen molar-refractivity contribution >= 4 is 12.0 Å². The van der Waals surface area contributed by atoms with Gasteiger partial charge in [-0.15, -0.1) is 0 Å². The molecule has 0 aliphatic rings. The average Bonchev–Trinajstić information content (AvgIpc) is 2.33. The lowest BCUT2D eigenvalue weighted by molar-refractivity contribution is -0.116. The molecule has 0 fully saturated rings. The molecule has 1 aromatic heterocycles. The molecule has 1 rings (SSSR count). The molecular formula is C13H16N2O. The Bertz CT molecular complexity index is 369. The molecule has 16 heavy (non-hydrogen) atoms. The highest BCUT2D eigenvalue weighted by atomic mass is 16.1. The van der Waals surface area contributed by atoms with Gasteiger partial charge in [-0.3, -0.25) is 9.78 Å². The highest BCUT2D eigenvalue weighted by Crippen LogP contribution is 1.97. The summed E-state index contributed by atoms with van der Waals surface area (Å²) < 4.78 is 0. The van der Waals surface area contributed by atoms with Crippen LogP contribution in [0.5, 0.6) is 0 Å². The van der Waals surface area contributed by atoms with Crippen LogP contribution in [0.1, 0.15) is 18.9 Å². The minimum Gasteiger partial charge on any atom is -0.352 e. The number of nitrogens with one attached hydrogen (secondary N) is 1. The molecule has 1 heterocycles. The van der Waals surface area contributed by atoms with Crippen molar-refractivity contribution in [1.29, 1.82) is 0 Å². The van der Waals surface area contributed by atoms with Crippen molar-refractivity contribution in [3.63, 3.8) is 0 Å². The lowest BCUT2D eigenvalue weighted by atomic mass is 10.2. The highest BCUT2D eigenvalue weighted by molar-refractivity contribution is 5.91. The predicted octanol–water partition coefficient (Wildman–Crippen LogP) is 2.18. The van der Waals surface area contributed by atoms with Crippen LogP contribution < -0.4 is 5.32 Å². The highest BCUT2D eigenvalue weighted by Gasteiger charge is 1.92. The molecule has 0 aliphatic heterocycles. The second-order valence-electron chi connectivity index (χ2n) is 3.27. The topological polar surface area (TPSA) is 42.0 Å². The van der Waals surface area contributed by atoms with Crippen LogP contribution in [0, 0.1) is 0 Å². The maximum Gasteiger partial charge on any atom is 0.244 e. The summed E-state index contributed by atoms with van der Waals surface area (Å²) in [5, 5.41) is 2.79. The number of allylic oxidation sites excluding steroid dienone is 1. The third-order valence-electron chi connectivity index (χ3n) is 1.96. The van der Waals surface area contributed by atoms with Gasteiger partial charge in [-0.25, -0.2) is 0 Å². The smallest absolute Gasteiger partial charge is 0.244 e. The lowest BCUT2D eigenvalue weighted by Crippen LogP contribution is -2.21. The number of hydrogen-bond acceptors (Lipinski definition) is 2. The quantitative estimate of drug-likeness (QED) is 0.465. The Morgan fingerprint density at radius 3 is 3.12 bits per heavy atom. The molecule has 0 saturated heterocycles. The maximum absolute atomic E-state index is 11.3. The Labute approximate surface area is 95.9 Å². The normalized spacial score (nSPS) is 11.1. The van der Waals surface area contributed by atoms with Gasteiger partial charge in [0.1, 0.15) is 0 Å². The Kier molecular flexibility index (Phi) is 5.63. The largest absolute Gasteiger partial charge is 0.352 e. The third kappa shape index (κ3) is 5.10. The van der Waals surface area contributed by atoms with Crippen molar-refractivity contribution in [2.75, 3.05) is 6.54 Å². The van der Waals surface area contributed by atoms with E-state index in [2.05, 4.69) is 10.3 Å². The Balaban J connectivity index is 2.31. The van der Waals surface area contributed by atoms with E-state index in [9.17, 15) is 4.79 Å². The number of hydrogen-bond donors (Lipinski definition) is 1. The molecule has 0 aliphatic carbocycles. The minimum absolute atomic E-state index is 0.0756. The first-order valence-electron chi connectivity index (χ1n) is 5.30. The summed E-state index contributed by atoms with van der Waals surface area (Å²) in [6, 6.07) is 3.74. The standard InChI is InChI=1S/C13H16N2O/c1-2-3-4-10-15-13(16)8-7-12-6-5-9-14-11-12/h2-3,5-9,11H,4,10H2,1H3,(H,15,16)/b3-2+,8-7+. The summed E-state index contributed by atoms with van der Waals surface area (Å²) in [5.41, 5.74) is 0.922. The summed E-state index contributed by atoms with van der Waals surface area (Å²) in [5.74, 6) is -0.0756. The fraction of sp³-hybridized carbons (Fsp3) is 0.231. The molecule has 0 aromatic carbocycles. The van der Waals surface area contributed by atoms with E-state index >= 15 is 0 Å². The zero-order valence-electron chi connectivity index (χ0n) is 9.39. The molecule has 0 bridgehead atoms. The first kappa shape index (κ1) is 12.2. The van der Waals surface area contributed by atoms with E-state index in [0.29, 0.717) is 6.54 Å². The number of rotatable bonds is 5. The van der Waals surface area contributed by atoms with Crippen LogP contribution in [-0.2, 0) is 4.79 Å². The van der Waals surface area contributed by atoms with E-state index < -0.39 is 0 Å². The molecule has 84 valence electrons. The van der Waals surface area contributed by atoms with Gasteiger partial charge in [0.15, 0.2) is 0 Å². The molecule has 0 saturated carbocycles. The van der Waals surface area contributed by atoms with Crippen LogP contribution in [0.4, 0.5) is 0 Å². The van der Waals surface area contributed by atoms with Crippen LogP contribution in [0.2, 0.25) is 0 Å². The SMILES string of the molecule is C/C=C/CCNC(=O)/C=C/c1cccnc1. The monoisotopic (exact) mass is 216 g/mol. The maximum atomic E-state index is 11.3. The molecule has 0 spiro atoms. The molecule has 1 aromatic rings. The molecule has 3 heteroatoms. The summed E-state index contributed by atoms with van der Waals surface area (Å²) in [4.78, 5) is 15.3. The minimum atomic E-state index is -0.0756. The number of pyridine rings is 1. The number of carbonyl (C=O) groups excluding carboxylic acids is 1. The molecule has 1 N–H and O–H groups in total. The fourth-order valence-corrected chi connectivity index (χ4v) is 1.15. The number of aromatic nitrogens is 1.